The van der Waals surface area contributed by atoms with E-state index in [2.05, 4.69) is 5.32 Å². The third-order valence-corrected chi connectivity index (χ3v) is 4.95. The molecule has 0 aliphatic carbocycles. The van der Waals surface area contributed by atoms with Crippen LogP contribution in [0.4, 0.5) is 0 Å². The molecule has 1 fully saturated rings. The number of hydrogen-bond donors (Lipinski definition) is 1. The van der Waals surface area contributed by atoms with Crippen LogP contribution in [0.1, 0.15) is 20.7 Å². The first-order valence-electron chi connectivity index (χ1n) is 9.65. The van der Waals surface area contributed by atoms with Gasteiger partial charge in [0.25, 0.3) is 11.8 Å². The molecule has 8 heteroatoms. The normalized spacial score (nSPS) is 13.5. The average Bonchev–Trinajstić information content (AvgIpc) is 2.82. The zero-order valence-corrected chi connectivity index (χ0v) is 17.1. The molecule has 0 spiro atoms. The highest BCUT2D eigenvalue weighted by Gasteiger charge is 2.25. The second kappa shape index (κ2) is 9.78. The van der Waals surface area contributed by atoms with Gasteiger partial charge in [-0.1, -0.05) is 18.2 Å². The molecule has 0 radical (unpaired) electrons. The molecule has 0 saturated carbocycles. The van der Waals surface area contributed by atoms with Gasteiger partial charge in [-0.3, -0.25) is 14.4 Å². The van der Waals surface area contributed by atoms with Crippen LogP contribution < -0.4 is 14.8 Å². The van der Waals surface area contributed by atoms with E-state index in [1.165, 1.54) is 14.2 Å². The number of amides is 3. The number of carbonyl (C=O) groups excluding carboxylic acids is 3. The molecule has 8 nitrogen and oxygen atoms in total. The molecule has 1 heterocycles. The van der Waals surface area contributed by atoms with E-state index < -0.39 is 0 Å². The maximum absolute atomic E-state index is 12.8. The Balaban J connectivity index is 1.52. The predicted molar refractivity (Wildman–Crippen MR) is 111 cm³/mol. The lowest BCUT2D eigenvalue weighted by Gasteiger charge is -2.35. The zero-order chi connectivity index (χ0) is 21.5. The van der Waals surface area contributed by atoms with Crippen molar-refractivity contribution in [3.05, 3.63) is 59.7 Å². The fraction of sp³-hybridized carbons (Fsp3) is 0.318. The molecule has 1 saturated heterocycles. The Labute approximate surface area is 175 Å². The Morgan fingerprint density at radius 3 is 1.97 bits per heavy atom. The summed E-state index contributed by atoms with van der Waals surface area (Å²) in [6, 6.07) is 13.8. The van der Waals surface area contributed by atoms with Gasteiger partial charge in [-0.25, -0.2) is 0 Å². The highest BCUT2D eigenvalue weighted by molar-refractivity contribution is 5.97. The number of carbonyl (C=O) groups is 3. The van der Waals surface area contributed by atoms with Crippen molar-refractivity contribution in [2.75, 3.05) is 46.9 Å². The number of nitrogens with one attached hydrogen (secondary N) is 1. The molecular weight excluding hydrogens is 386 g/mol. The summed E-state index contributed by atoms with van der Waals surface area (Å²) in [5.41, 5.74) is 0.982. The highest BCUT2D eigenvalue weighted by Crippen LogP contribution is 2.23. The van der Waals surface area contributed by atoms with Gasteiger partial charge in [-0.2, -0.15) is 0 Å². The molecule has 1 N–H and O–H groups in total. The Morgan fingerprint density at radius 1 is 0.833 bits per heavy atom. The molecule has 2 aromatic rings. The molecular formula is C22H25N3O5. The Bertz CT molecular complexity index is 886. The smallest absolute Gasteiger partial charge is 0.254 e. The van der Waals surface area contributed by atoms with Gasteiger partial charge in [0, 0.05) is 43.4 Å². The maximum atomic E-state index is 12.8. The summed E-state index contributed by atoms with van der Waals surface area (Å²) >= 11 is 0. The number of hydrogen-bond acceptors (Lipinski definition) is 5. The lowest BCUT2D eigenvalue weighted by molar-refractivity contribution is -0.131. The van der Waals surface area contributed by atoms with Crippen LogP contribution in [-0.2, 0) is 4.79 Å². The van der Waals surface area contributed by atoms with Crippen molar-refractivity contribution in [2.45, 2.75) is 0 Å². The Hall–Kier alpha value is -3.55. The monoisotopic (exact) mass is 411 g/mol. The first kappa shape index (κ1) is 21.2. The lowest BCUT2D eigenvalue weighted by atomic mass is 10.1. The molecule has 30 heavy (non-hydrogen) atoms. The molecule has 1 aliphatic heterocycles. The summed E-state index contributed by atoms with van der Waals surface area (Å²) in [5.74, 6) is 0.484. The molecule has 0 atom stereocenters. The van der Waals surface area contributed by atoms with Gasteiger partial charge < -0.3 is 24.6 Å². The quantitative estimate of drug-likeness (QED) is 0.777. The van der Waals surface area contributed by atoms with Crippen LogP contribution in [0.25, 0.3) is 0 Å². The summed E-state index contributed by atoms with van der Waals surface area (Å²) < 4.78 is 10.4. The van der Waals surface area contributed by atoms with E-state index in [1.54, 1.807) is 52.3 Å². The minimum Gasteiger partial charge on any atom is -0.497 e. The second-order valence-electron chi connectivity index (χ2n) is 6.82. The fourth-order valence-corrected chi connectivity index (χ4v) is 3.23. The van der Waals surface area contributed by atoms with E-state index in [-0.39, 0.29) is 24.3 Å². The Kier molecular flexibility index (Phi) is 6.90. The zero-order valence-electron chi connectivity index (χ0n) is 17.1. The van der Waals surface area contributed by atoms with Gasteiger partial charge in [-0.05, 0) is 24.3 Å². The molecule has 3 amide bonds. The van der Waals surface area contributed by atoms with Crippen LogP contribution >= 0.6 is 0 Å². The maximum Gasteiger partial charge on any atom is 0.254 e. The van der Waals surface area contributed by atoms with E-state index in [0.29, 0.717) is 48.8 Å². The third-order valence-electron chi connectivity index (χ3n) is 4.95. The van der Waals surface area contributed by atoms with Crippen molar-refractivity contribution in [1.82, 2.24) is 15.1 Å². The van der Waals surface area contributed by atoms with Crippen molar-refractivity contribution in [1.29, 1.82) is 0 Å². The summed E-state index contributed by atoms with van der Waals surface area (Å²) in [6.45, 7) is 1.57. The Morgan fingerprint density at radius 2 is 1.40 bits per heavy atom. The van der Waals surface area contributed by atoms with Gasteiger partial charge in [-0.15, -0.1) is 0 Å². The largest absolute Gasteiger partial charge is 0.497 e. The van der Waals surface area contributed by atoms with E-state index in [0.717, 1.165) is 0 Å². The number of rotatable bonds is 6. The number of piperazine rings is 1. The molecule has 0 aromatic heterocycles. The van der Waals surface area contributed by atoms with Crippen molar-refractivity contribution < 1.29 is 23.9 Å². The molecule has 1 aliphatic rings. The van der Waals surface area contributed by atoms with E-state index in [9.17, 15) is 14.4 Å². The van der Waals surface area contributed by atoms with Crippen LogP contribution in [0.2, 0.25) is 0 Å². The van der Waals surface area contributed by atoms with Crippen LogP contribution in [0.3, 0.4) is 0 Å². The first-order valence-corrected chi connectivity index (χ1v) is 9.65. The highest BCUT2D eigenvalue weighted by atomic mass is 16.5. The summed E-state index contributed by atoms with van der Waals surface area (Å²) in [6.07, 6.45) is 0. The fourth-order valence-electron chi connectivity index (χ4n) is 3.23. The summed E-state index contributed by atoms with van der Waals surface area (Å²) in [4.78, 5) is 40.7. The molecule has 2 aromatic carbocycles. The van der Waals surface area contributed by atoms with Crippen molar-refractivity contribution >= 4 is 17.7 Å². The number of ether oxygens (including phenoxy) is 2. The van der Waals surface area contributed by atoms with Gasteiger partial charge in [0.2, 0.25) is 5.91 Å². The van der Waals surface area contributed by atoms with Crippen molar-refractivity contribution in [3.63, 3.8) is 0 Å². The van der Waals surface area contributed by atoms with Gasteiger partial charge in [0.1, 0.15) is 11.5 Å². The molecule has 0 bridgehead atoms. The standard InChI is InChI=1S/C22H25N3O5/c1-29-18-12-17(13-19(14-18)30-2)22(28)25-10-8-24(9-11-25)20(26)15-23-21(27)16-6-4-3-5-7-16/h3-7,12-14H,8-11,15H2,1-2H3,(H,23,27). The number of nitrogens with zero attached hydrogens (tertiary/aromatic N) is 2. The van der Waals surface area contributed by atoms with Crippen LogP contribution in [0.15, 0.2) is 48.5 Å². The summed E-state index contributed by atoms with van der Waals surface area (Å²) in [5, 5.41) is 2.64. The van der Waals surface area contributed by atoms with Gasteiger partial charge in [0.15, 0.2) is 0 Å². The molecule has 3 rings (SSSR count). The van der Waals surface area contributed by atoms with Gasteiger partial charge >= 0.3 is 0 Å². The van der Waals surface area contributed by atoms with Crippen molar-refractivity contribution in [2.24, 2.45) is 0 Å². The molecule has 0 unspecified atom stereocenters. The van der Waals surface area contributed by atoms with Gasteiger partial charge in [0.05, 0.1) is 20.8 Å². The summed E-state index contributed by atoms with van der Waals surface area (Å²) in [7, 11) is 3.06. The van der Waals surface area contributed by atoms with E-state index in [4.69, 9.17) is 9.47 Å². The SMILES string of the molecule is COc1cc(OC)cc(C(=O)N2CCN(C(=O)CNC(=O)c3ccccc3)CC2)c1. The van der Waals surface area contributed by atoms with Crippen molar-refractivity contribution in [3.8, 4) is 11.5 Å². The first-order chi connectivity index (χ1) is 14.5. The predicted octanol–water partition coefficient (Wildman–Crippen LogP) is 1.42. The van der Waals surface area contributed by atoms with Crippen LogP contribution in [0, 0.1) is 0 Å². The minimum atomic E-state index is -0.287. The number of benzene rings is 2. The van der Waals surface area contributed by atoms with Crippen LogP contribution in [-0.4, -0.2) is 74.5 Å². The van der Waals surface area contributed by atoms with E-state index >= 15 is 0 Å². The minimum absolute atomic E-state index is 0.0746. The second-order valence-corrected chi connectivity index (χ2v) is 6.82. The topological polar surface area (TPSA) is 88.2 Å². The van der Waals surface area contributed by atoms with Crippen LogP contribution in [0.5, 0.6) is 11.5 Å². The average molecular weight is 411 g/mol. The molecule has 158 valence electrons. The third kappa shape index (κ3) is 5.08. The van der Waals surface area contributed by atoms with E-state index in [1.807, 2.05) is 6.07 Å². The lowest BCUT2D eigenvalue weighted by Crippen LogP contribution is -2.52. The number of methoxy groups -OCH3 is 2.